The van der Waals surface area contributed by atoms with Crippen LogP contribution in [0.5, 0.6) is 0 Å². The number of nitrogens with one attached hydrogen (secondary N) is 1. The standard InChI is InChI=1S/C19H23N3O6S2/c1-8-17(30-18(22-8)9-3-2-4-9)15(26)12-6-21-19(29-12)20-5-10-13(24)16(27)14(25)11(7-23)28-10/h2-3,6,9-11,13-14,16,23-25,27H,4-5,7H2,1H3,(H,20,21)/t9?,10?,11?,13-,14?,16?/m0/s1. The predicted octanol–water partition coefficient (Wildman–Crippen LogP) is 0.437. The number of thiazole rings is 2. The van der Waals surface area contributed by atoms with Gasteiger partial charge in [-0.2, -0.15) is 0 Å². The van der Waals surface area contributed by atoms with E-state index in [9.17, 15) is 25.2 Å². The number of hydrogen-bond donors (Lipinski definition) is 5. The van der Waals surface area contributed by atoms with E-state index >= 15 is 0 Å². The second-order valence-corrected chi connectivity index (χ2v) is 9.41. The van der Waals surface area contributed by atoms with E-state index in [2.05, 4.69) is 27.4 Å². The summed E-state index contributed by atoms with van der Waals surface area (Å²) in [6.45, 7) is 1.43. The molecule has 1 fully saturated rings. The number of aromatic nitrogens is 2. The number of anilines is 1. The van der Waals surface area contributed by atoms with Crippen LogP contribution in [-0.4, -0.2) is 79.8 Å². The fourth-order valence-corrected chi connectivity index (χ4v) is 5.30. The molecule has 1 aliphatic carbocycles. The van der Waals surface area contributed by atoms with Crippen molar-refractivity contribution in [1.29, 1.82) is 0 Å². The third kappa shape index (κ3) is 4.06. The quantitative estimate of drug-likeness (QED) is 0.298. The molecule has 2 aromatic rings. The number of aliphatic hydroxyl groups is 4. The summed E-state index contributed by atoms with van der Waals surface area (Å²) >= 11 is 2.59. The summed E-state index contributed by atoms with van der Waals surface area (Å²) in [5, 5.41) is 43.5. The maximum atomic E-state index is 12.9. The van der Waals surface area contributed by atoms with Crippen molar-refractivity contribution in [3.8, 4) is 0 Å². The van der Waals surface area contributed by atoms with Gasteiger partial charge in [-0.3, -0.25) is 4.79 Å². The molecule has 1 saturated heterocycles. The molecule has 3 heterocycles. The SMILES string of the molecule is Cc1nc(C2C=CC2)sc1C(=O)c1cnc(NCC2OC(CO)C(O)C(O)[C@H]2O)s1. The van der Waals surface area contributed by atoms with Gasteiger partial charge in [0.2, 0.25) is 5.78 Å². The van der Waals surface area contributed by atoms with Gasteiger partial charge in [-0.25, -0.2) is 9.97 Å². The number of allylic oxidation sites excluding steroid dienone is 2. The predicted molar refractivity (Wildman–Crippen MR) is 111 cm³/mol. The first-order chi connectivity index (χ1) is 14.4. The van der Waals surface area contributed by atoms with E-state index in [1.165, 1.54) is 28.9 Å². The normalized spacial score (nSPS) is 30.8. The average Bonchev–Trinajstić information content (AvgIpc) is 3.31. The molecular weight excluding hydrogens is 430 g/mol. The molecule has 30 heavy (non-hydrogen) atoms. The minimum atomic E-state index is -1.43. The maximum Gasteiger partial charge on any atom is 0.216 e. The van der Waals surface area contributed by atoms with E-state index in [0.717, 1.165) is 11.4 Å². The Labute approximate surface area is 180 Å². The van der Waals surface area contributed by atoms with E-state index < -0.39 is 37.1 Å². The van der Waals surface area contributed by atoms with Crippen molar-refractivity contribution in [3.63, 3.8) is 0 Å². The molecule has 0 spiro atoms. The van der Waals surface area contributed by atoms with Crippen molar-refractivity contribution in [2.45, 2.75) is 49.8 Å². The highest BCUT2D eigenvalue weighted by Gasteiger charge is 2.43. The van der Waals surface area contributed by atoms with Crippen molar-refractivity contribution >= 4 is 33.6 Å². The van der Waals surface area contributed by atoms with Gasteiger partial charge in [-0.05, 0) is 13.3 Å². The van der Waals surface area contributed by atoms with Crippen LogP contribution in [-0.2, 0) is 4.74 Å². The summed E-state index contributed by atoms with van der Waals surface area (Å²) in [6.07, 6.45) is 0.647. The van der Waals surface area contributed by atoms with Crippen molar-refractivity contribution in [1.82, 2.24) is 9.97 Å². The Morgan fingerprint density at radius 1 is 1.23 bits per heavy atom. The highest BCUT2D eigenvalue weighted by molar-refractivity contribution is 7.19. The van der Waals surface area contributed by atoms with Gasteiger partial charge in [-0.15, -0.1) is 11.3 Å². The summed E-state index contributed by atoms with van der Waals surface area (Å²) < 4.78 is 5.46. The van der Waals surface area contributed by atoms with Gasteiger partial charge in [-0.1, -0.05) is 23.5 Å². The van der Waals surface area contributed by atoms with E-state index in [-0.39, 0.29) is 12.3 Å². The fourth-order valence-electron chi connectivity index (χ4n) is 3.35. The van der Waals surface area contributed by atoms with Crippen LogP contribution in [0.25, 0.3) is 0 Å². The van der Waals surface area contributed by atoms with Crippen LogP contribution in [0.4, 0.5) is 5.13 Å². The van der Waals surface area contributed by atoms with Crippen molar-refractivity contribution < 1.29 is 30.0 Å². The van der Waals surface area contributed by atoms with Crippen LogP contribution in [0.2, 0.25) is 0 Å². The van der Waals surface area contributed by atoms with Crippen molar-refractivity contribution in [3.05, 3.63) is 38.8 Å². The lowest BCUT2D eigenvalue weighted by Crippen LogP contribution is -2.60. The second-order valence-electron chi connectivity index (χ2n) is 7.34. The molecule has 9 nitrogen and oxygen atoms in total. The third-order valence-electron chi connectivity index (χ3n) is 5.27. The zero-order valence-electron chi connectivity index (χ0n) is 16.1. The Morgan fingerprint density at radius 3 is 2.63 bits per heavy atom. The fraction of sp³-hybridized carbons (Fsp3) is 0.526. The lowest BCUT2D eigenvalue weighted by atomic mass is 9.95. The molecule has 6 atom stereocenters. The number of carbonyl (C=O) groups excluding carboxylic acids is 1. The molecule has 0 radical (unpaired) electrons. The number of ketones is 1. The summed E-state index contributed by atoms with van der Waals surface area (Å²) in [6, 6.07) is 0. The first-order valence-corrected chi connectivity index (χ1v) is 11.2. The molecule has 0 aromatic carbocycles. The summed E-state index contributed by atoms with van der Waals surface area (Å²) in [4.78, 5) is 22.7. The smallest absolute Gasteiger partial charge is 0.216 e. The Hall–Kier alpha value is -1.73. The first kappa shape index (κ1) is 21.5. The van der Waals surface area contributed by atoms with Crippen molar-refractivity contribution in [2.24, 2.45) is 0 Å². The number of aliphatic hydroxyl groups excluding tert-OH is 4. The molecule has 1 aliphatic heterocycles. The monoisotopic (exact) mass is 453 g/mol. The zero-order valence-corrected chi connectivity index (χ0v) is 17.8. The van der Waals surface area contributed by atoms with Crippen molar-refractivity contribution in [2.75, 3.05) is 18.5 Å². The second kappa shape index (κ2) is 8.79. The average molecular weight is 454 g/mol. The molecular formula is C19H23N3O6S2. The summed E-state index contributed by atoms with van der Waals surface area (Å²) in [5.74, 6) is 0.172. The van der Waals surface area contributed by atoms with Gasteiger partial charge >= 0.3 is 0 Å². The van der Waals surface area contributed by atoms with E-state index in [0.29, 0.717) is 26.5 Å². The maximum absolute atomic E-state index is 12.9. The highest BCUT2D eigenvalue weighted by Crippen LogP contribution is 2.35. The molecule has 5 N–H and O–H groups in total. The van der Waals surface area contributed by atoms with Crippen LogP contribution in [0.15, 0.2) is 18.3 Å². The van der Waals surface area contributed by atoms with E-state index in [1.54, 1.807) is 0 Å². The lowest BCUT2D eigenvalue weighted by Gasteiger charge is -2.40. The van der Waals surface area contributed by atoms with Crippen LogP contribution in [0.1, 0.15) is 37.6 Å². The van der Waals surface area contributed by atoms with Crippen LogP contribution >= 0.6 is 22.7 Å². The topological polar surface area (TPSA) is 145 Å². The molecule has 2 aromatic heterocycles. The number of carbonyl (C=O) groups is 1. The third-order valence-corrected chi connectivity index (χ3v) is 7.51. The Bertz CT molecular complexity index is 943. The Morgan fingerprint density at radius 2 is 1.97 bits per heavy atom. The molecule has 0 amide bonds. The summed E-state index contributed by atoms with van der Waals surface area (Å²) in [7, 11) is 0. The number of nitrogens with zero attached hydrogens (tertiary/aromatic N) is 2. The van der Waals surface area contributed by atoms with Crippen LogP contribution in [0, 0.1) is 6.92 Å². The first-order valence-electron chi connectivity index (χ1n) is 9.58. The molecule has 2 aliphatic rings. The number of rotatable bonds is 7. The van der Waals surface area contributed by atoms with Crippen LogP contribution < -0.4 is 5.32 Å². The van der Waals surface area contributed by atoms with Gasteiger partial charge in [0.15, 0.2) is 5.13 Å². The molecule has 4 rings (SSSR count). The van der Waals surface area contributed by atoms with Gasteiger partial charge in [0.25, 0.3) is 0 Å². The number of ether oxygens (including phenoxy) is 1. The van der Waals surface area contributed by atoms with E-state index in [1.807, 2.05) is 6.92 Å². The van der Waals surface area contributed by atoms with Gasteiger partial charge in [0, 0.05) is 12.5 Å². The van der Waals surface area contributed by atoms with Gasteiger partial charge in [0.05, 0.1) is 28.3 Å². The lowest BCUT2D eigenvalue weighted by molar-refractivity contribution is -0.225. The minimum absolute atomic E-state index is 0.0837. The highest BCUT2D eigenvalue weighted by atomic mass is 32.1. The number of aryl methyl sites for hydroxylation is 1. The molecule has 11 heteroatoms. The summed E-state index contributed by atoms with van der Waals surface area (Å²) in [5.41, 5.74) is 0.713. The zero-order chi connectivity index (χ0) is 21.4. The molecule has 5 unspecified atom stereocenters. The van der Waals surface area contributed by atoms with Gasteiger partial charge in [0.1, 0.15) is 35.5 Å². The van der Waals surface area contributed by atoms with Gasteiger partial charge < -0.3 is 30.5 Å². The van der Waals surface area contributed by atoms with E-state index in [4.69, 9.17) is 4.74 Å². The largest absolute Gasteiger partial charge is 0.394 e. The number of hydrogen-bond acceptors (Lipinski definition) is 11. The van der Waals surface area contributed by atoms with Crippen LogP contribution in [0.3, 0.4) is 0 Å². The minimum Gasteiger partial charge on any atom is -0.394 e. The Balaban J connectivity index is 1.40. The molecule has 0 bridgehead atoms. The Kier molecular flexibility index (Phi) is 6.30. The molecule has 162 valence electrons. The molecule has 0 saturated carbocycles.